The van der Waals surface area contributed by atoms with Gasteiger partial charge in [-0.3, -0.25) is 14.0 Å². The van der Waals surface area contributed by atoms with Crippen LogP contribution in [0, 0.1) is 0 Å². The molecule has 0 amide bonds. The Bertz CT molecular complexity index is 1190. The standard InChI is InChI=1S/C16H16N4O4S2/c21-14-4-3-13(26(23,24)19-5-1-2-6-19)11-18(14)10-12-9-15(22)20-7-8-25-16(20)17-12/h3-4,7-9,11H,1-2,5-6,10H2. The van der Waals surface area contributed by atoms with Gasteiger partial charge in [0, 0.05) is 43.0 Å². The molecule has 1 aliphatic rings. The van der Waals surface area contributed by atoms with E-state index in [0.29, 0.717) is 23.7 Å². The summed E-state index contributed by atoms with van der Waals surface area (Å²) in [5, 5.41) is 1.75. The molecule has 136 valence electrons. The first kappa shape index (κ1) is 17.1. The van der Waals surface area contributed by atoms with Crippen LogP contribution in [0.25, 0.3) is 4.96 Å². The van der Waals surface area contributed by atoms with Gasteiger partial charge in [0.2, 0.25) is 10.0 Å². The molecule has 3 aromatic heterocycles. The molecule has 26 heavy (non-hydrogen) atoms. The molecule has 1 fully saturated rings. The number of pyridine rings is 1. The van der Waals surface area contributed by atoms with E-state index in [-0.39, 0.29) is 22.6 Å². The van der Waals surface area contributed by atoms with Gasteiger partial charge < -0.3 is 4.57 Å². The molecule has 0 saturated carbocycles. The Kier molecular flexibility index (Phi) is 4.25. The van der Waals surface area contributed by atoms with E-state index in [1.807, 2.05) is 0 Å². The van der Waals surface area contributed by atoms with Crippen LogP contribution in [0.4, 0.5) is 0 Å². The molecule has 0 radical (unpaired) electrons. The van der Waals surface area contributed by atoms with Crippen LogP contribution in [0.3, 0.4) is 0 Å². The molecule has 1 aliphatic heterocycles. The van der Waals surface area contributed by atoms with Gasteiger partial charge in [-0.2, -0.15) is 4.31 Å². The predicted octanol–water partition coefficient (Wildman–Crippen LogP) is 0.750. The van der Waals surface area contributed by atoms with Gasteiger partial charge in [0.1, 0.15) is 0 Å². The van der Waals surface area contributed by atoms with Crippen molar-refractivity contribution in [1.82, 2.24) is 18.3 Å². The first-order valence-corrected chi connectivity index (χ1v) is 10.4. The van der Waals surface area contributed by atoms with Gasteiger partial charge in [0.25, 0.3) is 11.1 Å². The fraction of sp³-hybridized carbons (Fsp3) is 0.312. The minimum Gasteiger partial charge on any atom is -0.308 e. The van der Waals surface area contributed by atoms with Crippen molar-refractivity contribution < 1.29 is 8.42 Å². The molecule has 8 nitrogen and oxygen atoms in total. The highest BCUT2D eigenvalue weighted by molar-refractivity contribution is 7.89. The number of fused-ring (bicyclic) bond motifs is 1. The van der Waals surface area contributed by atoms with E-state index in [1.165, 1.54) is 49.0 Å². The maximum absolute atomic E-state index is 12.7. The van der Waals surface area contributed by atoms with Crippen LogP contribution in [0.1, 0.15) is 18.5 Å². The summed E-state index contributed by atoms with van der Waals surface area (Å²) in [6.45, 7) is 1.02. The van der Waals surface area contributed by atoms with Crippen LogP contribution < -0.4 is 11.1 Å². The molecule has 0 atom stereocenters. The summed E-state index contributed by atoms with van der Waals surface area (Å²) in [6.07, 6.45) is 4.64. The second-order valence-electron chi connectivity index (χ2n) is 6.08. The van der Waals surface area contributed by atoms with E-state index in [9.17, 15) is 18.0 Å². The first-order valence-electron chi connectivity index (χ1n) is 8.11. The van der Waals surface area contributed by atoms with Gasteiger partial charge in [-0.05, 0) is 18.9 Å². The van der Waals surface area contributed by atoms with Crippen LogP contribution in [0.2, 0.25) is 0 Å². The summed E-state index contributed by atoms with van der Waals surface area (Å²) in [5.41, 5.74) is -0.172. The highest BCUT2D eigenvalue weighted by Crippen LogP contribution is 2.20. The highest BCUT2D eigenvalue weighted by Gasteiger charge is 2.27. The van der Waals surface area contributed by atoms with Crippen LogP contribution in [0.15, 0.2) is 50.5 Å². The molecule has 4 rings (SSSR count). The van der Waals surface area contributed by atoms with E-state index in [2.05, 4.69) is 4.98 Å². The minimum absolute atomic E-state index is 0.0336. The van der Waals surface area contributed by atoms with Crippen molar-refractivity contribution in [1.29, 1.82) is 0 Å². The molecule has 3 aromatic rings. The summed E-state index contributed by atoms with van der Waals surface area (Å²) in [6, 6.07) is 3.92. The summed E-state index contributed by atoms with van der Waals surface area (Å²) in [4.78, 5) is 29.2. The number of thiazole rings is 1. The maximum atomic E-state index is 12.7. The molecular weight excluding hydrogens is 376 g/mol. The molecule has 0 aliphatic carbocycles. The third-order valence-electron chi connectivity index (χ3n) is 4.35. The number of hydrogen-bond donors (Lipinski definition) is 0. The molecule has 0 aromatic carbocycles. The Morgan fingerprint density at radius 2 is 1.88 bits per heavy atom. The third kappa shape index (κ3) is 3.00. The van der Waals surface area contributed by atoms with Gasteiger partial charge >= 0.3 is 0 Å². The Labute approximate surface area is 153 Å². The Hall–Kier alpha value is -2.30. The van der Waals surface area contributed by atoms with Gasteiger partial charge in [0.05, 0.1) is 17.1 Å². The van der Waals surface area contributed by atoms with Crippen LogP contribution in [-0.2, 0) is 16.6 Å². The molecule has 0 unspecified atom stereocenters. The quantitative estimate of drug-likeness (QED) is 0.653. The van der Waals surface area contributed by atoms with Crippen LogP contribution in [-0.4, -0.2) is 39.8 Å². The predicted molar refractivity (Wildman–Crippen MR) is 97.1 cm³/mol. The molecule has 10 heteroatoms. The Balaban J connectivity index is 1.72. The molecular formula is C16H16N4O4S2. The third-order valence-corrected chi connectivity index (χ3v) is 6.99. The van der Waals surface area contributed by atoms with Crippen molar-refractivity contribution in [3.05, 3.63) is 62.4 Å². The van der Waals surface area contributed by atoms with E-state index in [1.54, 1.807) is 11.6 Å². The second-order valence-corrected chi connectivity index (χ2v) is 8.89. The highest BCUT2D eigenvalue weighted by atomic mass is 32.2. The van der Waals surface area contributed by atoms with Crippen molar-refractivity contribution in [3.63, 3.8) is 0 Å². The van der Waals surface area contributed by atoms with E-state index >= 15 is 0 Å². The average molecular weight is 392 g/mol. The lowest BCUT2D eigenvalue weighted by Gasteiger charge is -2.16. The monoisotopic (exact) mass is 392 g/mol. The average Bonchev–Trinajstić information content (AvgIpc) is 3.28. The fourth-order valence-corrected chi connectivity index (χ4v) is 5.28. The number of hydrogen-bond acceptors (Lipinski definition) is 6. The van der Waals surface area contributed by atoms with Crippen molar-refractivity contribution in [2.45, 2.75) is 24.3 Å². The number of rotatable bonds is 4. The van der Waals surface area contributed by atoms with Crippen molar-refractivity contribution in [2.24, 2.45) is 0 Å². The van der Waals surface area contributed by atoms with E-state index in [0.717, 1.165) is 12.8 Å². The van der Waals surface area contributed by atoms with Gasteiger partial charge in [-0.25, -0.2) is 13.4 Å². The number of nitrogens with zero attached hydrogens (tertiary/aromatic N) is 4. The molecule has 0 spiro atoms. The Morgan fingerprint density at radius 1 is 1.12 bits per heavy atom. The molecule has 0 bridgehead atoms. The first-order chi connectivity index (χ1) is 12.4. The zero-order valence-corrected chi connectivity index (χ0v) is 15.4. The fourth-order valence-electron chi connectivity index (χ4n) is 3.01. The zero-order chi connectivity index (χ0) is 18.3. The van der Waals surface area contributed by atoms with E-state index in [4.69, 9.17) is 0 Å². The zero-order valence-electron chi connectivity index (χ0n) is 13.7. The molecule has 4 heterocycles. The number of sulfonamides is 1. The normalized spacial score (nSPS) is 15.7. The Morgan fingerprint density at radius 3 is 2.65 bits per heavy atom. The maximum Gasteiger partial charge on any atom is 0.258 e. The van der Waals surface area contributed by atoms with E-state index < -0.39 is 10.0 Å². The smallest absolute Gasteiger partial charge is 0.258 e. The van der Waals surface area contributed by atoms with Gasteiger partial charge in [-0.15, -0.1) is 11.3 Å². The summed E-state index contributed by atoms with van der Waals surface area (Å²) >= 11 is 1.32. The summed E-state index contributed by atoms with van der Waals surface area (Å²) in [5.74, 6) is 0. The van der Waals surface area contributed by atoms with Gasteiger partial charge in [0.15, 0.2) is 4.96 Å². The SMILES string of the molecule is O=c1ccc(S(=O)(=O)N2CCCC2)cn1Cc1cc(=O)n2ccsc2n1. The lowest BCUT2D eigenvalue weighted by atomic mass is 10.3. The van der Waals surface area contributed by atoms with Crippen LogP contribution in [0.5, 0.6) is 0 Å². The topological polar surface area (TPSA) is 93.8 Å². The van der Waals surface area contributed by atoms with Crippen molar-refractivity contribution in [2.75, 3.05) is 13.1 Å². The largest absolute Gasteiger partial charge is 0.308 e. The lowest BCUT2D eigenvalue weighted by molar-refractivity contribution is 0.476. The molecule has 1 saturated heterocycles. The lowest BCUT2D eigenvalue weighted by Crippen LogP contribution is -2.30. The summed E-state index contributed by atoms with van der Waals surface area (Å²) < 4.78 is 29.5. The van der Waals surface area contributed by atoms with Crippen molar-refractivity contribution >= 4 is 26.3 Å². The second kappa shape index (κ2) is 6.45. The minimum atomic E-state index is -3.61. The van der Waals surface area contributed by atoms with Gasteiger partial charge in [-0.1, -0.05) is 0 Å². The molecule has 0 N–H and O–H groups in total. The summed E-state index contributed by atoms with van der Waals surface area (Å²) in [7, 11) is -3.61. The number of aromatic nitrogens is 3. The van der Waals surface area contributed by atoms with Crippen LogP contribution >= 0.6 is 11.3 Å². The van der Waals surface area contributed by atoms with Crippen molar-refractivity contribution in [3.8, 4) is 0 Å².